The minimum atomic E-state index is -4.71. The Labute approximate surface area is 221 Å². The molecule has 0 saturated carbocycles. The minimum absolute atomic E-state index is 0.0905. The average molecular weight is 555 g/mol. The Kier molecular flexibility index (Phi) is 9.20. The monoisotopic (exact) mass is 554 g/mol. The van der Waals surface area contributed by atoms with E-state index >= 15 is 0 Å². The van der Waals surface area contributed by atoms with Crippen molar-refractivity contribution in [2.24, 2.45) is 0 Å². The van der Waals surface area contributed by atoms with E-state index in [4.69, 9.17) is 9.47 Å². The Balaban J connectivity index is 1.52. The van der Waals surface area contributed by atoms with Gasteiger partial charge in [0.2, 0.25) is 5.91 Å². The molecule has 2 aliphatic rings. The van der Waals surface area contributed by atoms with Gasteiger partial charge in [-0.2, -0.15) is 8.42 Å². The number of amides is 4. The third-order valence-corrected chi connectivity index (χ3v) is 7.01. The van der Waals surface area contributed by atoms with Crippen LogP contribution in [0.1, 0.15) is 52.0 Å². The highest BCUT2D eigenvalue weighted by molar-refractivity contribution is 7.84. The van der Waals surface area contributed by atoms with Gasteiger partial charge in [0.05, 0.1) is 6.04 Å². The van der Waals surface area contributed by atoms with Crippen molar-refractivity contribution in [3.05, 3.63) is 35.9 Å². The molecule has 2 fully saturated rings. The van der Waals surface area contributed by atoms with Gasteiger partial charge in [0.25, 0.3) is 5.91 Å². The van der Waals surface area contributed by atoms with Crippen LogP contribution < -0.4 is 10.6 Å². The highest BCUT2D eigenvalue weighted by atomic mass is 32.2. The average Bonchev–Trinajstić information content (AvgIpc) is 3.18. The summed E-state index contributed by atoms with van der Waals surface area (Å²) in [6.07, 6.45) is -0.129. The number of carbonyl (C=O) groups is 4. The molecule has 1 aromatic carbocycles. The molecule has 0 unspecified atom stereocenters. The number of nitrogens with one attached hydrogen (secondary N) is 2. The van der Waals surface area contributed by atoms with Crippen LogP contribution in [0.15, 0.2) is 30.3 Å². The van der Waals surface area contributed by atoms with E-state index in [0.29, 0.717) is 17.1 Å². The molecule has 0 bridgehead atoms. The number of likely N-dealkylation sites (tertiary alicyclic amines) is 1. The molecular formula is C24H34N4O9S. The van der Waals surface area contributed by atoms with E-state index in [9.17, 15) is 32.1 Å². The smallest absolute Gasteiger partial charge is 0.408 e. The molecule has 4 amide bonds. The van der Waals surface area contributed by atoms with E-state index in [2.05, 4.69) is 10.6 Å². The second-order valence-electron chi connectivity index (χ2n) is 10.1. The van der Waals surface area contributed by atoms with Crippen LogP contribution in [0.5, 0.6) is 0 Å². The van der Waals surface area contributed by atoms with Gasteiger partial charge in [0.1, 0.15) is 24.3 Å². The lowest BCUT2D eigenvalue weighted by Gasteiger charge is -2.43. The van der Waals surface area contributed by atoms with E-state index in [-0.39, 0.29) is 32.5 Å². The van der Waals surface area contributed by atoms with Crippen molar-refractivity contribution >= 4 is 34.3 Å². The van der Waals surface area contributed by atoms with Gasteiger partial charge in [-0.05, 0) is 52.0 Å². The summed E-state index contributed by atoms with van der Waals surface area (Å²) in [6.45, 7) is 5.52. The summed E-state index contributed by atoms with van der Waals surface area (Å²) in [7, 11) is -4.71. The predicted octanol–water partition coefficient (Wildman–Crippen LogP) is 1.59. The van der Waals surface area contributed by atoms with Gasteiger partial charge in [0.15, 0.2) is 0 Å². The zero-order valence-corrected chi connectivity index (χ0v) is 22.4. The molecule has 0 radical (unpaired) electrons. The van der Waals surface area contributed by atoms with Gasteiger partial charge < -0.3 is 25.0 Å². The highest BCUT2D eigenvalue weighted by Crippen LogP contribution is 2.36. The van der Waals surface area contributed by atoms with Crippen LogP contribution in [0.25, 0.3) is 0 Å². The summed E-state index contributed by atoms with van der Waals surface area (Å²) in [6, 6.07) is 6.31. The third-order valence-electron chi connectivity index (χ3n) is 6.06. The first kappa shape index (κ1) is 29.2. The van der Waals surface area contributed by atoms with Gasteiger partial charge in [0, 0.05) is 13.1 Å². The standard InChI is InChI=1S/C24H34N4O9S/c1-24(2,3)37-23(32)26-17(11-7-8-13-25-22(31)36-15-16-9-5-4-6-10-16)20(29)27-14-12-18-19(27)21(30)28(18)38(33,34)35/h4-6,9-10,17-19H,7-8,11-15H2,1-3H3,(H,25,31)(H,26,32)(H,33,34,35)/t17-,18+,19-/m0/s1. The van der Waals surface area contributed by atoms with E-state index in [0.717, 1.165) is 5.56 Å². The Morgan fingerprint density at radius 3 is 2.45 bits per heavy atom. The van der Waals surface area contributed by atoms with E-state index in [1.165, 1.54) is 4.90 Å². The van der Waals surface area contributed by atoms with Crippen LogP contribution in [0.2, 0.25) is 0 Å². The number of carbonyl (C=O) groups excluding carboxylic acids is 4. The molecule has 210 valence electrons. The first-order valence-corrected chi connectivity index (χ1v) is 13.7. The van der Waals surface area contributed by atoms with Crippen LogP contribution in [0.4, 0.5) is 9.59 Å². The van der Waals surface area contributed by atoms with Crippen LogP contribution >= 0.6 is 0 Å². The number of alkyl carbamates (subject to hydrolysis) is 2. The number of hydrogen-bond acceptors (Lipinski definition) is 8. The molecule has 3 rings (SSSR count). The van der Waals surface area contributed by atoms with Crippen molar-refractivity contribution in [1.82, 2.24) is 19.8 Å². The summed E-state index contributed by atoms with van der Waals surface area (Å²) < 4.78 is 43.0. The zero-order chi connectivity index (χ0) is 28.1. The lowest BCUT2D eigenvalue weighted by molar-refractivity contribution is -0.152. The first-order valence-electron chi connectivity index (χ1n) is 12.3. The van der Waals surface area contributed by atoms with Gasteiger partial charge in [-0.15, -0.1) is 0 Å². The van der Waals surface area contributed by atoms with Crippen LogP contribution in [-0.2, 0) is 36.0 Å². The quantitative estimate of drug-likeness (QED) is 0.221. The van der Waals surface area contributed by atoms with Crippen LogP contribution in [-0.4, -0.2) is 83.0 Å². The van der Waals surface area contributed by atoms with Crippen molar-refractivity contribution in [2.45, 2.75) is 76.8 Å². The normalized spacial score (nSPS) is 19.7. The molecule has 3 N–H and O–H groups in total. The second kappa shape index (κ2) is 12.0. The molecule has 38 heavy (non-hydrogen) atoms. The SMILES string of the molecule is CC(C)(C)OC(=O)N[C@@H](CCCCNC(=O)OCc1ccccc1)C(=O)N1CC[C@@H]2[C@H]1C(=O)N2S(=O)(=O)O. The number of rotatable bonds is 10. The molecular weight excluding hydrogens is 520 g/mol. The molecule has 14 heteroatoms. The number of β-lactam (4-membered cyclic amide) rings is 1. The Morgan fingerprint density at radius 2 is 1.82 bits per heavy atom. The lowest BCUT2D eigenvalue weighted by atomic mass is 9.99. The van der Waals surface area contributed by atoms with Gasteiger partial charge in [-0.1, -0.05) is 30.3 Å². The number of fused-ring (bicyclic) bond motifs is 1. The van der Waals surface area contributed by atoms with Gasteiger partial charge >= 0.3 is 22.5 Å². The van der Waals surface area contributed by atoms with Crippen LogP contribution in [0.3, 0.4) is 0 Å². The molecule has 0 aliphatic carbocycles. The largest absolute Gasteiger partial charge is 0.445 e. The molecule has 0 spiro atoms. The number of hydrogen-bond donors (Lipinski definition) is 3. The summed E-state index contributed by atoms with van der Waals surface area (Å²) in [5, 5.41) is 5.18. The highest BCUT2D eigenvalue weighted by Gasteiger charge is 2.60. The number of unbranched alkanes of at least 4 members (excludes halogenated alkanes) is 1. The van der Waals surface area contributed by atoms with Crippen molar-refractivity contribution in [3.63, 3.8) is 0 Å². The number of nitrogens with zero attached hydrogens (tertiary/aromatic N) is 2. The summed E-state index contributed by atoms with van der Waals surface area (Å²) in [5.74, 6) is -1.44. The third kappa shape index (κ3) is 7.57. The fourth-order valence-corrected chi connectivity index (χ4v) is 5.31. The van der Waals surface area contributed by atoms with E-state index in [1.54, 1.807) is 20.8 Å². The predicted molar refractivity (Wildman–Crippen MR) is 134 cm³/mol. The first-order chi connectivity index (χ1) is 17.8. The van der Waals surface area contributed by atoms with Crippen molar-refractivity contribution in [1.29, 1.82) is 0 Å². The van der Waals surface area contributed by atoms with E-state index < -0.39 is 58.0 Å². The fourth-order valence-electron chi connectivity index (χ4n) is 4.41. The van der Waals surface area contributed by atoms with Gasteiger partial charge in [-0.3, -0.25) is 14.1 Å². The topological polar surface area (TPSA) is 172 Å². The Hall–Kier alpha value is -3.39. The maximum atomic E-state index is 13.3. The number of ether oxygens (including phenoxy) is 2. The van der Waals surface area contributed by atoms with Crippen molar-refractivity contribution < 1.29 is 41.6 Å². The fraction of sp³-hybridized carbons (Fsp3) is 0.583. The summed E-state index contributed by atoms with van der Waals surface area (Å²) >= 11 is 0. The van der Waals surface area contributed by atoms with Gasteiger partial charge in [-0.25, -0.2) is 13.9 Å². The number of benzene rings is 1. The minimum Gasteiger partial charge on any atom is -0.445 e. The Bertz CT molecular complexity index is 1140. The lowest BCUT2D eigenvalue weighted by Crippen LogP contribution is -2.69. The maximum Gasteiger partial charge on any atom is 0.408 e. The Morgan fingerprint density at radius 1 is 1.13 bits per heavy atom. The zero-order valence-electron chi connectivity index (χ0n) is 21.6. The molecule has 2 aliphatic heterocycles. The van der Waals surface area contributed by atoms with Crippen molar-refractivity contribution in [3.8, 4) is 0 Å². The van der Waals surface area contributed by atoms with E-state index in [1.807, 2.05) is 30.3 Å². The molecule has 3 atom stereocenters. The second-order valence-corrected chi connectivity index (χ2v) is 11.4. The molecule has 2 heterocycles. The summed E-state index contributed by atoms with van der Waals surface area (Å²) in [5.41, 5.74) is 0.0476. The molecule has 13 nitrogen and oxygen atoms in total. The molecule has 0 aromatic heterocycles. The molecule has 1 aromatic rings. The maximum absolute atomic E-state index is 13.3. The van der Waals surface area contributed by atoms with Crippen molar-refractivity contribution in [2.75, 3.05) is 13.1 Å². The van der Waals surface area contributed by atoms with Crippen LogP contribution in [0, 0.1) is 0 Å². The molecule has 2 saturated heterocycles. The summed E-state index contributed by atoms with van der Waals surface area (Å²) in [4.78, 5) is 51.2.